The largest absolute Gasteiger partial charge is 0.480 e. The molecule has 1 amide bonds. The number of likely N-dealkylation sites (tertiary alicyclic amines) is 1. The molecule has 2 N–H and O–H groups in total. The highest BCUT2D eigenvalue weighted by Gasteiger charge is 2.33. The van der Waals surface area contributed by atoms with Crippen molar-refractivity contribution in [1.82, 2.24) is 10.2 Å². The number of nitrogens with zero attached hydrogens (tertiary/aromatic N) is 1. The number of carboxylic acid groups (broad SMARTS) is 1. The van der Waals surface area contributed by atoms with E-state index in [1.165, 1.54) is 11.8 Å². The normalized spacial score (nSPS) is 18.6. The summed E-state index contributed by atoms with van der Waals surface area (Å²) in [4.78, 5) is 27.5. The molecule has 2 aromatic rings. The molecule has 1 heterocycles. The number of benzene rings is 2. The fourth-order valence-electron chi connectivity index (χ4n) is 5.34. The molecule has 1 fully saturated rings. The molecular weight excluding hydrogens is 556 g/mol. The minimum Gasteiger partial charge on any atom is -0.480 e. The molecule has 2 atom stereocenters. The van der Waals surface area contributed by atoms with Crippen LogP contribution in [0.15, 0.2) is 84.0 Å². The molecule has 0 bridgehead atoms. The van der Waals surface area contributed by atoms with Crippen LogP contribution >= 0.6 is 11.8 Å². The maximum absolute atomic E-state index is 13.5. The van der Waals surface area contributed by atoms with Gasteiger partial charge >= 0.3 is 5.97 Å². The maximum atomic E-state index is 13.5. The van der Waals surface area contributed by atoms with E-state index in [9.17, 15) is 23.1 Å². The zero-order valence-corrected chi connectivity index (χ0v) is 25.2. The van der Waals surface area contributed by atoms with Crippen LogP contribution in [-0.4, -0.2) is 73.2 Å². The zero-order valence-electron chi connectivity index (χ0n) is 23.6. The fourth-order valence-corrected chi connectivity index (χ4v) is 7.61. The molecular formula is C32H38N2O5S2. The molecule has 0 radical (unpaired) electrons. The molecule has 7 nitrogen and oxygen atoms in total. The Morgan fingerprint density at radius 3 is 2.56 bits per heavy atom. The van der Waals surface area contributed by atoms with Gasteiger partial charge in [-0.05, 0) is 67.0 Å². The Morgan fingerprint density at radius 2 is 1.85 bits per heavy atom. The summed E-state index contributed by atoms with van der Waals surface area (Å²) in [5, 5.41) is 12.0. The van der Waals surface area contributed by atoms with Gasteiger partial charge in [0.05, 0.1) is 11.0 Å². The second kappa shape index (κ2) is 14.2. The second-order valence-corrected chi connectivity index (χ2v) is 13.9. The van der Waals surface area contributed by atoms with E-state index in [2.05, 4.69) is 10.2 Å². The number of allylic oxidation sites excluding steroid dienone is 3. The summed E-state index contributed by atoms with van der Waals surface area (Å²) in [6, 6.07) is 16.1. The number of hydrogen-bond acceptors (Lipinski definition) is 6. The third-order valence-electron chi connectivity index (χ3n) is 7.57. The van der Waals surface area contributed by atoms with Crippen molar-refractivity contribution in [2.45, 2.75) is 43.2 Å². The predicted octanol–water partition coefficient (Wildman–Crippen LogP) is 4.65. The van der Waals surface area contributed by atoms with E-state index in [1.54, 1.807) is 6.08 Å². The Kier molecular flexibility index (Phi) is 10.6. The Balaban J connectivity index is 1.56. The van der Waals surface area contributed by atoms with Crippen molar-refractivity contribution in [3.63, 3.8) is 0 Å². The van der Waals surface area contributed by atoms with Gasteiger partial charge in [-0.25, -0.2) is 13.2 Å². The molecule has 4 rings (SSSR count). The smallest absolute Gasteiger partial charge is 0.326 e. The van der Waals surface area contributed by atoms with Crippen LogP contribution in [0.2, 0.25) is 0 Å². The first-order valence-electron chi connectivity index (χ1n) is 13.8. The van der Waals surface area contributed by atoms with Gasteiger partial charge in [-0.3, -0.25) is 9.69 Å². The summed E-state index contributed by atoms with van der Waals surface area (Å²) in [7, 11) is -3.29. The molecule has 0 aromatic heterocycles. The molecule has 0 spiro atoms. The maximum Gasteiger partial charge on any atom is 0.326 e. The number of carbonyl (C=O) groups is 2. The van der Waals surface area contributed by atoms with Crippen LogP contribution in [-0.2, 0) is 25.2 Å². The van der Waals surface area contributed by atoms with E-state index in [1.807, 2.05) is 79.9 Å². The lowest BCUT2D eigenvalue weighted by Crippen LogP contribution is -2.41. The molecule has 1 aliphatic heterocycles. The van der Waals surface area contributed by atoms with E-state index in [4.69, 9.17) is 0 Å². The first-order valence-corrected chi connectivity index (χ1v) is 17.0. The second-order valence-electron chi connectivity index (χ2n) is 10.6. The van der Waals surface area contributed by atoms with Crippen molar-refractivity contribution >= 4 is 39.0 Å². The lowest BCUT2D eigenvalue weighted by molar-refractivity contribution is -0.141. The number of aliphatic carboxylic acids is 1. The van der Waals surface area contributed by atoms with E-state index in [0.29, 0.717) is 50.2 Å². The summed E-state index contributed by atoms with van der Waals surface area (Å²) >= 11 is 1.54. The molecule has 0 saturated carbocycles. The monoisotopic (exact) mass is 594 g/mol. The first kappa shape index (κ1) is 30.8. The number of aryl methyl sites for hydroxylation is 1. The third kappa shape index (κ3) is 8.21. The van der Waals surface area contributed by atoms with Crippen LogP contribution in [0.3, 0.4) is 0 Å². The quantitative estimate of drug-likeness (QED) is 0.369. The molecule has 41 heavy (non-hydrogen) atoms. The van der Waals surface area contributed by atoms with Crippen molar-refractivity contribution < 1.29 is 23.1 Å². The van der Waals surface area contributed by atoms with Gasteiger partial charge in [0.25, 0.3) is 5.91 Å². The van der Waals surface area contributed by atoms with E-state index in [-0.39, 0.29) is 5.75 Å². The molecule has 2 unspecified atom stereocenters. The topological polar surface area (TPSA) is 104 Å². The van der Waals surface area contributed by atoms with Gasteiger partial charge in [0.2, 0.25) is 0 Å². The van der Waals surface area contributed by atoms with Gasteiger partial charge in [-0.2, -0.15) is 11.8 Å². The number of carbonyl (C=O) groups excluding carboxylic acids is 1. The van der Waals surface area contributed by atoms with Crippen molar-refractivity contribution in [3.05, 3.63) is 101 Å². The molecule has 2 aliphatic rings. The Labute approximate surface area is 247 Å². The SMILES string of the molecule is CSCCC(NC(=O)C1=C(c2ccccc2C)C=C(CN2CCC(S(=O)(=O)Cc3ccccc3)C2)CC=C1)C(=O)O. The third-order valence-corrected chi connectivity index (χ3v) is 10.4. The van der Waals surface area contributed by atoms with Crippen LogP contribution in [0.4, 0.5) is 0 Å². The highest BCUT2D eigenvalue weighted by Crippen LogP contribution is 2.30. The number of hydrogen-bond donors (Lipinski definition) is 2. The fraction of sp³-hybridized carbons (Fsp3) is 0.375. The highest BCUT2D eigenvalue weighted by molar-refractivity contribution is 7.98. The lowest BCUT2D eigenvalue weighted by atomic mass is 9.94. The number of sulfone groups is 1. The van der Waals surface area contributed by atoms with Gasteiger partial charge in [0.1, 0.15) is 6.04 Å². The van der Waals surface area contributed by atoms with Gasteiger partial charge in [-0.15, -0.1) is 0 Å². The van der Waals surface area contributed by atoms with Gasteiger partial charge in [-0.1, -0.05) is 78.4 Å². The minimum absolute atomic E-state index is 0.0463. The Morgan fingerprint density at radius 1 is 1.12 bits per heavy atom. The number of carboxylic acids is 1. The van der Waals surface area contributed by atoms with Crippen molar-refractivity contribution in [2.24, 2.45) is 0 Å². The summed E-state index contributed by atoms with van der Waals surface area (Å²) in [6.45, 7) is 3.74. The molecule has 1 saturated heterocycles. The standard InChI is InChI=1S/C32H38N2O5S2/c1-23-9-6-7-13-27(23)29-19-25(12-8-14-28(29)31(35)33-30(32(36)37)16-18-40-2)20-34-17-15-26(21-34)41(38,39)22-24-10-4-3-5-11-24/h3-11,13-14,19,26,30H,12,15-18,20-22H2,1-2H3,(H,33,35)(H,36,37). The van der Waals surface area contributed by atoms with Crippen LogP contribution in [0, 0.1) is 6.92 Å². The minimum atomic E-state index is -3.29. The summed E-state index contributed by atoms with van der Waals surface area (Å²) in [6.07, 6.45) is 9.19. The van der Waals surface area contributed by atoms with Crippen LogP contribution in [0.1, 0.15) is 36.0 Å². The average molecular weight is 595 g/mol. The van der Waals surface area contributed by atoms with Crippen LogP contribution in [0.25, 0.3) is 5.57 Å². The van der Waals surface area contributed by atoms with Crippen molar-refractivity contribution in [1.29, 1.82) is 0 Å². The van der Waals surface area contributed by atoms with E-state index < -0.39 is 33.0 Å². The Hall–Kier alpha value is -3.14. The molecule has 218 valence electrons. The molecule has 2 aromatic carbocycles. The summed E-state index contributed by atoms with van der Waals surface area (Å²) in [5.74, 6) is -0.799. The van der Waals surface area contributed by atoms with Crippen LogP contribution in [0.5, 0.6) is 0 Å². The first-order chi connectivity index (χ1) is 19.7. The highest BCUT2D eigenvalue weighted by atomic mass is 32.2. The van der Waals surface area contributed by atoms with E-state index in [0.717, 1.165) is 27.8 Å². The van der Waals surface area contributed by atoms with Gasteiger partial charge in [0.15, 0.2) is 9.84 Å². The number of thioether (sulfide) groups is 1. The van der Waals surface area contributed by atoms with E-state index >= 15 is 0 Å². The summed E-state index contributed by atoms with van der Waals surface area (Å²) in [5.41, 5.74) is 4.95. The number of rotatable bonds is 12. The Bertz CT molecular complexity index is 1450. The zero-order chi connectivity index (χ0) is 29.4. The van der Waals surface area contributed by atoms with Crippen LogP contribution < -0.4 is 5.32 Å². The number of nitrogens with one attached hydrogen (secondary N) is 1. The molecule has 9 heteroatoms. The van der Waals surface area contributed by atoms with Gasteiger partial charge in [0, 0.05) is 18.7 Å². The van der Waals surface area contributed by atoms with Crippen molar-refractivity contribution in [2.75, 3.05) is 31.6 Å². The predicted molar refractivity (Wildman–Crippen MR) is 166 cm³/mol. The summed E-state index contributed by atoms with van der Waals surface area (Å²) < 4.78 is 26.3. The number of amides is 1. The molecule has 1 aliphatic carbocycles. The van der Waals surface area contributed by atoms with Crippen molar-refractivity contribution in [3.8, 4) is 0 Å². The average Bonchev–Trinajstić information content (AvgIpc) is 3.32. The van der Waals surface area contributed by atoms with Gasteiger partial charge < -0.3 is 10.4 Å². The lowest BCUT2D eigenvalue weighted by Gasteiger charge is -2.19.